The molecule has 2 fully saturated rings. The number of esters is 1. The van der Waals surface area contributed by atoms with E-state index in [0.717, 1.165) is 12.8 Å². The molecule has 1 N–H and O–H groups in total. The van der Waals surface area contributed by atoms with Crippen molar-refractivity contribution in [3.63, 3.8) is 0 Å². The molecule has 0 aromatic heterocycles. The maximum atomic E-state index is 11.7. The number of hydrogen-bond donors (Lipinski definition) is 1. The predicted octanol–water partition coefficient (Wildman–Crippen LogP) is 1.59. The van der Waals surface area contributed by atoms with Crippen molar-refractivity contribution in [1.82, 2.24) is 0 Å². The van der Waals surface area contributed by atoms with E-state index in [0.29, 0.717) is 0 Å². The molecule has 3 nitrogen and oxygen atoms in total. The van der Waals surface area contributed by atoms with E-state index in [1.807, 2.05) is 0 Å². The minimum atomic E-state index is -0.543. The number of carbonyl (C=O) groups excluding carboxylic acids is 1. The monoisotopic (exact) mass is 212 g/mol. The minimum Gasteiger partial charge on any atom is -0.469 e. The Labute approximate surface area is 90.8 Å². The number of rotatable bonds is 1. The van der Waals surface area contributed by atoms with Crippen LogP contribution in [0.3, 0.4) is 0 Å². The van der Waals surface area contributed by atoms with E-state index in [2.05, 4.69) is 20.8 Å². The van der Waals surface area contributed by atoms with Gasteiger partial charge in [0.15, 0.2) is 0 Å². The number of aliphatic hydroxyl groups excluding tert-OH is 1. The lowest BCUT2D eigenvalue weighted by atomic mass is 9.70. The van der Waals surface area contributed by atoms with Crippen molar-refractivity contribution in [2.45, 2.75) is 39.7 Å². The third-order valence-corrected chi connectivity index (χ3v) is 5.27. The summed E-state index contributed by atoms with van der Waals surface area (Å²) < 4.78 is 4.80. The maximum absolute atomic E-state index is 11.7. The lowest BCUT2D eigenvalue weighted by Crippen LogP contribution is -2.40. The van der Waals surface area contributed by atoms with E-state index in [4.69, 9.17) is 4.74 Å². The Morgan fingerprint density at radius 1 is 1.40 bits per heavy atom. The van der Waals surface area contributed by atoms with Crippen LogP contribution in [-0.2, 0) is 9.53 Å². The Balaban J connectivity index is 2.38. The van der Waals surface area contributed by atoms with E-state index < -0.39 is 6.10 Å². The van der Waals surface area contributed by atoms with Crippen molar-refractivity contribution >= 4 is 5.97 Å². The smallest absolute Gasteiger partial charge is 0.311 e. The fourth-order valence-corrected chi connectivity index (χ4v) is 3.76. The zero-order valence-electron chi connectivity index (χ0n) is 9.91. The van der Waals surface area contributed by atoms with Gasteiger partial charge in [0.2, 0.25) is 0 Å². The van der Waals surface area contributed by atoms with Crippen LogP contribution in [-0.4, -0.2) is 24.3 Å². The van der Waals surface area contributed by atoms with Gasteiger partial charge in [0.05, 0.1) is 19.1 Å². The Morgan fingerprint density at radius 3 is 2.40 bits per heavy atom. The molecule has 0 aromatic rings. The zero-order valence-corrected chi connectivity index (χ0v) is 9.91. The summed E-state index contributed by atoms with van der Waals surface area (Å²) in [5.41, 5.74) is -0.0954. The summed E-state index contributed by atoms with van der Waals surface area (Å²) in [5.74, 6) is -0.294. The number of ether oxygens (including phenoxy) is 1. The molecule has 86 valence electrons. The van der Waals surface area contributed by atoms with Gasteiger partial charge in [-0.15, -0.1) is 0 Å². The van der Waals surface area contributed by atoms with Crippen molar-refractivity contribution in [3.05, 3.63) is 0 Å². The Bertz CT molecular complexity index is 297. The summed E-state index contributed by atoms with van der Waals surface area (Å²) in [5, 5.41) is 10.3. The van der Waals surface area contributed by atoms with Crippen molar-refractivity contribution in [2.75, 3.05) is 7.11 Å². The summed E-state index contributed by atoms with van der Waals surface area (Å²) in [6, 6.07) is 0. The summed E-state index contributed by atoms with van der Waals surface area (Å²) in [7, 11) is 1.40. The molecule has 0 radical (unpaired) electrons. The van der Waals surface area contributed by atoms with Gasteiger partial charge in [-0.05, 0) is 29.6 Å². The average Bonchev–Trinajstić information content (AvgIpc) is 2.48. The highest BCUT2D eigenvalue weighted by molar-refractivity contribution is 5.74. The van der Waals surface area contributed by atoms with Gasteiger partial charge in [0.25, 0.3) is 0 Å². The molecule has 2 aliphatic rings. The van der Waals surface area contributed by atoms with Crippen LogP contribution in [0, 0.1) is 22.7 Å². The molecule has 0 amide bonds. The second kappa shape index (κ2) is 2.97. The molecule has 3 heteroatoms. The molecule has 2 bridgehead atoms. The summed E-state index contributed by atoms with van der Waals surface area (Å²) in [6.07, 6.45) is 1.50. The minimum absolute atomic E-state index is 0.0330. The van der Waals surface area contributed by atoms with E-state index in [9.17, 15) is 9.90 Å². The number of carbonyl (C=O) groups is 1. The normalized spacial score (nSPS) is 46.9. The molecule has 0 heterocycles. The molecule has 0 spiro atoms. The van der Waals surface area contributed by atoms with Crippen LogP contribution < -0.4 is 0 Å². The molecular formula is C12H20O3. The number of fused-ring (bicyclic) bond motifs is 2. The van der Waals surface area contributed by atoms with E-state index >= 15 is 0 Å². The van der Waals surface area contributed by atoms with Gasteiger partial charge in [-0.25, -0.2) is 0 Å². The molecule has 15 heavy (non-hydrogen) atoms. The fraction of sp³-hybridized carbons (Fsp3) is 0.917. The van der Waals surface area contributed by atoms with Crippen LogP contribution >= 0.6 is 0 Å². The molecule has 0 aliphatic heterocycles. The van der Waals surface area contributed by atoms with Gasteiger partial charge in [-0.2, -0.15) is 0 Å². The topological polar surface area (TPSA) is 46.5 Å². The van der Waals surface area contributed by atoms with E-state index in [-0.39, 0.29) is 28.6 Å². The highest BCUT2D eigenvalue weighted by Crippen LogP contribution is 2.67. The largest absolute Gasteiger partial charge is 0.469 e. The van der Waals surface area contributed by atoms with Gasteiger partial charge in [0, 0.05) is 0 Å². The molecule has 2 aliphatic carbocycles. The molecule has 4 atom stereocenters. The SMILES string of the molecule is COC(=O)[C@H]1[C@@H](O)[C@@]2(C)CC[C@@H]1C2(C)C. The Morgan fingerprint density at radius 2 is 2.00 bits per heavy atom. The van der Waals surface area contributed by atoms with Gasteiger partial charge in [-0.1, -0.05) is 20.8 Å². The van der Waals surface area contributed by atoms with Crippen LogP contribution in [0.1, 0.15) is 33.6 Å². The first kappa shape index (κ1) is 10.9. The standard InChI is InChI=1S/C12H20O3/c1-11(2)7-5-6-12(11,3)9(13)8(7)10(14)15-4/h7-9,13H,5-6H2,1-4H3/t7-,8+,9+,12+/m0/s1. The van der Waals surface area contributed by atoms with Crippen molar-refractivity contribution in [1.29, 1.82) is 0 Å². The maximum Gasteiger partial charge on any atom is 0.311 e. The van der Waals surface area contributed by atoms with Crippen molar-refractivity contribution in [2.24, 2.45) is 22.7 Å². The molecular weight excluding hydrogens is 192 g/mol. The zero-order chi connectivity index (χ0) is 11.4. The van der Waals surface area contributed by atoms with Gasteiger partial charge in [0.1, 0.15) is 0 Å². The van der Waals surface area contributed by atoms with Crippen LogP contribution in [0.15, 0.2) is 0 Å². The Kier molecular flexibility index (Phi) is 2.16. The Hall–Kier alpha value is -0.570. The number of hydrogen-bond acceptors (Lipinski definition) is 3. The van der Waals surface area contributed by atoms with Crippen LogP contribution in [0.25, 0.3) is 0 Å². The summed E-state index contributed by atoms with van der Waals surface area (Å²) >= 11 is 0. The van der Waals surface area contributed by atoms with E-state index in [1.54, 1.807) is 0 Å². The lowest BCUT2D eigenvalue weighted by Gasteiger charge is -2.36. The molecule has 0 unspecified atom stereocenters. The lowest BCUT2D eigenvalue weighted by molar-refractivity contribution is -0.153. The highest BCUT2D eigenvalue weighted by atomic mass is 16.5. The van der Waals surface area contributed by atoms with E-state index in [1.165, 1.54) is 7.11 Å². The van der Waals surface area contributed by atoms with Crippen molar-refractivity contribution < 1.29 is 14.6 Å². The van der Waals surface area contributed by atoms with Gasteiger partial charge in [-0.3, -0.25) is 4.79 Å². The number of aliphatic hydroxyl groups is 1. The second-order valence-electron chi connectivity index (χ2n) is 5.78. The van der Waals surface area contributed by atoms with Crippen LogP contribution in [0.4, 0.5) is 0 Å². The summed E-state index contributed by atoms with van der Waals surface area (Å²) in [4.78, 5) is 11.7. The predicted molar refractivity (Wildman–Crippen MR) is 56.1 cm³/mol. The third-order valence-electron chi connectivity index (χ3n) is 5.27. The first-order valence-corrected chi connectivity index (χ1v) is 5.62. The van der Waals surface area contributed by atoms with Gasteiger partial charge >= 0.3 is 5.97 Å². The highest BCUT2D eigenvalue weighted by Gasteiger charge is 2.67. The molecule has 2 saturated carbocycles. The average molecular weight is 212 g/mol. The summed E-state index contributed by atoms with van der Waals surface area (Å²) in [6.45, 7) is 6.42. The van der Waals surface area contributed by atoms with Gasteiger partial charge < -0.3 is 9.84 Å². The second-order valence-corrected chi connectivity index (χ2v) is 5.78. The van der Waals surface area contributed by atoms with Crippen LogP contribution in [0.2, 0.25) is 0 Å². The fourth-order valence-electron chi connectivity index (χ4n) is 3.76. The molecule has 2 rings (SSSR count). The quantitative estimate of drug-likeness (QED) is 0.671. The molecule has 0 saturated heterocycles. The van der Waals surface area contributed by atoms with Crippen molar-refractivity contribution in [3.8, 4) is 0 Å². The first-order valence-electron chi connectivity index (χ1n) is 5.62. The third kappa shape index (κ3) is 1.07. The number of methoxy groups -OCH3 is 1. The van der Waals surface area contributed by atoms with Crippen LogP contribution in [0.5, 0.6) is 0 Å². The first-order chi connectivity index (χ1) is 6.86. The molecule has 0 aromatic carbocycles.